The number of carbonyl (C=O) groups is 1. The second kappa shape index (κ2) is 8.42. The quantitative estimate of drug-likeness (QED) is 0.602. The van der Waals surface area contributed by atoms with Crippen molar-refractivity contribution in [3.8, 4) is 17.2 Å². The van der Waals surface area contributed by atoms with Gasteiger partial charge in [-0.25, -0.2) is 10.2 Å². The molecule has 7 nitrogen and oxygen atoms in total. The van der Waals surface area contributed by atoms with Crippen molar-refractivity contribution in [2.45, 2.75) is 6.61 Å². The van der Waals surface area contributed by atoms with Crippen LogP contribution >= 0.6 is 0 Å². The summed E-state index contributed by atoms with van der Waals surface area (Å²) in [6.45, 7) is 0.400. The van der Waals surface area contributed by atoms with E-state index in [1.54, 1.807) is 32.4 Å². The molecule has 0 aliphatic heterocycles. The fourth-order valence-corrected chi connectivity index (χ4v) is 1.94. The molecule has 2 aromatic rings. The first-order chi connectivity index (χ1) is 11.6. The lowest BCUT2D eigenvalue weighted by Crippen LogP contribution is -2.24. The fourth-order valence-electron chi connectivity index (χ4n) is 1.94. The molecule has 0 bridgehead atoms. The zero-order chi connectivity index (χ0) is 17.4. The van der Waals surface area contributed by atoms with E-state index in [0.717, 1.165) is 16.9 Å². The number of ether oxygens (including phenoxy) is 3. The standard InChI is InChI=1S/C17H19N3O4/c1-22-14-6-3-12(4-7-14)11-24-15-8-5-13(9-16(15)23-2)10-19-20-17(18)21/h3-10H,11H2,1-2H3,(H3,18,20,21). The van der Waals surface area contributed by atoms with Crippen molar-refractivity contribution in [2.75, 3.05) is 14.2 Å². The number of nitrogens with zero attached hydrogens (tertiary/aromatic N) is 1. The summed E-state index contributed by atoms with van der Waals surface area (Å²) < 4.78 is 16.2. The Bertz CT molecular complexity index is 714. The normalized spacial score (nSPS) is 10.4. The average Bonchev–Trinajstić information content (AvgIpc) is 2.60. The molecule has 0 aliphatic carbocycles. The number of nitrogens with two attached hydrogens (primary N) is 1. The summed E-state index contributed by atoms with van der Waals surface area (Å²) in [5.74, 6) is 1.96. The van der Waals surface area contributed by atoms with Crippen LogP contribution in [0.15, 0.2) is 47.6 Å². The fraction of sp³-hybridized carbons (Fsp3) is 0.176. The lowest BCUT2D eigenvalue weighted by molar-refractivity contribution is 0.249. The number of rotatable bonds is 7. The van der Waals surface area contributed by atoms with Gasteiger partial charge in [0.1, 0.15) is 12.4 Å². The molecule has 0 spiro atoms. The first kappa shape index (κ1) is 17.1. The van der Waals surface area contributed by atoms with Gasteiger partial charge in [0.05, 0.1) is 20.4 Å². The van der Waals surface area contributed by atoms with Crippen molar-refractivity contribution in [1.29, 1.82) is 0 Å². The maximum atomic E-state index is 10.6. The molecule has 2 amide bonds. The van der Waals surface area contributed by atoms with Crippen LogP contribution in [0, 0.1) is 0 Å². The van der Waals surface area contributed by atoms with Crippen molar-refractivity contribution in [3.63, 3.8) is 0 Å². The summed E-state index contributed by atoms with van der Waals surface area (Å²) in [5, 5.41) is 3.70. The van der Waals surface area contributed by atoms with E-state index in [1.807, 2.05) is 24.3 Å². The first-order valence-electron chi connectivity index (χ1n) is 7.14. The molecule has 7 heteroatoms. The van der Waals surface area contributed by atoms with Crippen LogP contribution in [0.25, 0.3) is 0 Å². The number of benzene rings is 2. The van der Waals surface area contributed by atoms with Gasteiger partial charge in [0.25, 0.3) is 0 Å². The van der Waals surface area contributed by atoms with Crippen LogP contribution in [0.1, 0.15) is 11.1 Å². The van der Waals surface area contributed by atoms with Crippen LogP contribution in [-0.4, -0.2) is 26.5 Å². The molecular weight excluding hydrogens is 310 g/mol. The third-order valence-electron chi connectivity index (χ3n) is 3.13. The van der Waals surface area contributed by atoms with E-state index in [-0.39, 0.29) is 0 Å². The Balaban J connectivity index is 2.03. The molecule has 24 heavy (non-hydrogen) atoms. The maximum Gasteiger partial charge on any atom is 0.332 e. The molecule has 0 saturated carbocycles. The van der Waals surface area contributed by atoms with Crippen molar-refractivity contribution in [3.05, 3.63) is 53.6 Å². The van der Waals surface area contributed by atoms with Crippen LogP contribution in [0.4, 0.5) is 4.79 Å². The number of hydrazone groups is 1. The molecule has 0 aliphatic rings. The van der Waals surface area contributed by atoms with E-state index >= 15 is 0 Å². The third kappa shape index (κ3) is 4.91. The predicted octanol–water partition coefficient (Wildman–Crippen LogP) is 2.29. The Hall–Kier alpha value is -3.22. The number of amides is 2. The molecule has 2 aromatic carbocycles. The van der Waals surface area contributed by atoms with Crippen LogP contribution in [0.3, 0.4) is 0 Å². The number of primary amides is 1. The predicted molar refractivity (Wildman–Crippen MR) is 90.6 cm³/mol. The Labute approximate surface area is 140 Å². The SMILES string of the molecule is COc1ccc(COc2ccc(C=NNC(N)=O)cc2OC)cc1. The summed E-state index contributed by atoms with van der Waals surface area (Å²) in [7, 11) is 3.18. The molecule has 3 N–H and O–H groups in total. The van der Waals surface area contributed by atoms with Gasteiger partial charge in [-0.15, -0.1) is 0 Å². The molecule has 0 radical (unpaired) electrons. The van der Waals surface area contributed by atoms with Gasteiger partial charge in [-0.2, -0.15) is 5.10 Å². The molecule has 0 heterocycles. The number of methoxy groups -OCH3 is 2. The van der Waals surface area contributed by atoms with Gasteiger partial charge in [-0.3, -0.25) is 0 Å². The monoisotopic (exact) mass is 329 g/mol. The van der Waals surface area contributed by atoms with Crippen LogP contribution in [-0.2, 0) is 6.61 Å². The van der Waals surface area contributed by atoms with Crippen LogP contribution < -0.4 is 25.4 Å². The Morgan fingerprint density at radius 2 is 1.88 bits per heavy atom. The molecule has 0 aromatic heterocycles. The van der Waals surface area contributed by atoms with Gasteiger partial charge in [0.2, 0.25) is 0 Å². The number of carbonyl (C=O) groups excluding carboxylic acids is 1. The maximum absolute atomic E-state index is 10.6. The minimum absolute atomic E-state index is 0.400. The van der Waals surface area contributed by atoms with Crippen molar-refractivity contribution >= 4 is 12.2 Å². The zero-order valence-electron chi connectivity index (χ0n) is 13.5. The van der Waals surface area contributed by atoms with Gasteiger partial charge in [-0.1, -0.05) is 12.1 Å². The summed E-state index contributed by atoms with van der Waals surface area (Å²) in [4.78, 5) is 10.6. The highest BCUT2D eigenvalue weighted by Crippen LogP contribution is 2.28. The van der Waals surface area contributed by atoms with E-state index < -0.39 is 6.03 Å². The van der Waals surface area contributed by atoms with E-state index in [1.165, 1.54) is 6.21 Å². The first-order valence-corrected chi connectivity index (χ1v) is 7.14. The highest BCUT2D eigenvalue weighted by molar-refractivity contribution is 5.82. The molecule has 0 fully saturated rings. The van der Waals surface area contributed by atoms with Gasteiger partial charge in [-0.05, 0) is 41.5 Å². The van der Waals surface area contributed by atoms with Gasteiger partial charge in [0, 0.05) is 0 Å². The molecule has 0 unspecified atom stereocenters. The lowest BCUT2D eigenvalue weighted by atomic mass is 10.2. The number of urea groups is 1. The molecule has 0 saturated heterocycles. The van der Waals surface area contributed by atoms with Crippen LogP contribution in [0.5, 0.6) is 17.2 Å². The lowest BCUT2D eigenvalue weighted by Gasteiger charge is -2.11. The van der Waals surface area contributed by atoms with Crippen molar-refractivity contribution in [2.24, 2.45) is 10.8 Å². The second-order valence-electron chi connectivity index (χ2n) is 4.78. The second-order valence-corrected chi connectivity index (χ2v) is 4.78. The Morgan fingerprint density at radius 1 is 1.12 bits per heavy atom. The Kier molecular flexibility index (Phi) is 6.01. The largest absolute Gasteiger partial charge is 0.497 e. The third-order valence-corrected chi connectivity index (χ3v) is 3.13. The Morgan fingerprint density at radius 3 is 2.50 bits per heavy atom. The minimum atomic E-state index is -0.724. The molecule has 2 rings (SSSR count). The van der Waals surface area contributed by atoms with Gasteiger partial charge in [0.15, 0.2) is 11.5 Å². The van der Waals surface area contributed by atoms with E-state index in [4.69, 9.17) is 19.9 Å². The van der Waals surface area contributed by atoms with Crippen molar-refractivity contribution < 1.29 is 19.0 Å². The van der Waals surface area contributed by atoms with Gasteiger partial charge >= 0.3 is 6.03 Å². The molecule has 126 valence electrons. The molecular formula is C17H19N3O4. The minimum Gasteiger partial charge on any atom is -0.497 e. The number of hydrogen-bond donors (Lipinski definition) is 2. The van der Waals surface area contributed by atoms with E-state index in [0.29, 0.717) is 18.1 Å². The summed E-state index contributed by atoms with van der Waals surface area (Å²) in [5.41, 5.74) is 8.80. The number of nitrogens with one attached hydrogen (secondary N) is 1. The summed E-state index contributed by atoms with van der Waals surface area (Å²) >= 11 is 0. The van der Waals surface area contributed by atoms with E-state index in [2.05, 4.69) is 10.5 Å². The van der Waals surface area contributed by atoms with E-state index in [9.17, 15) is 4.79 Å². The summed E-state index contributed by atoms with van der Waals surface area (Å²) in [6, 6.07) is 12.2. The average molecular weight is 329 g/mol. The summed E-state index contributed by atoms with van der Waals surface area (Å²) in [6.07, 6.45) is 1.46. The van der Waals surface area contributed by atoms with Gasteiger partial charge < -0.3 is 19.9 Å². The number of hydrogen-bond acceptors (Lipinski definition) is 5. The topological polar surface area (TPSA) is 95.2 Å². The zero-order valence-corrected chi connectivity index (χ0v) is 13.5. The van der Waals surface area contributed by atoms with Crippen molar-refractivity contribution in [1.82, 2.24) is 5.43 Å². The highest BCUT2D eigenvalue weighted by atomic mass is 16.5. The van der Waals surface area contributed by atoms with Crippen LogP contribution in [0.2, 0.25) is 0 Å². The smallest absolute Gasteiger partial charge is 0.332 e. The highest BCUT2D eigenvalue weighted by Gasteiger charge is 2.06. The molecule has 0 atom stereocenters.